The summed E-state index contributed by atoms with van der Waals surface area (Å²) in [5.74, 6) is 0. The molecule has 14 heavy (non-hydrogen) atoms. The van der Waals surface area contributed by atoms with E-state index in [-0.39, 0.29) is 11.5 Å². The molecule has 1 atom stereocenters. The first-order chi connectivity index (χ1) is 6.57. The van der Waals surface area contributed by atoms with E-state index in [1.54, 1.807) is 11.3 Å². The van der Waals surface area contributed by atoms with E-state index in [9.17, 15) is 5.11 Å². The molecule has 0 aromatic carbocycles. The van der Waals surface area contributed by atoms with Gasteiger partial charge < -0.3 is 5.11 Å². The molecule has 78 valence electrons. The van der Waals surface area contributed by atoms with Crippen molar-refractivity contribution in [2.45, 2.75) is 46.1 Å². The van der Waals surface area contributed by atoms with Gasteiger partial charge in [0.1, 0.15) is 0 Å². The zero-order valence-corrected chi connectivity index (χ0v) is 9.95. The average molecular weight is 210 g/mol. The molecule has 0 bridgehead atoms. The van der Waals surface area contributed by atoms with Crippen molar-refractivity contribution in [3.8, 4) is 0 Å². The van der Waals surface area contributed by atoms with Crippen molar-refractivity contribution in [2.24, 2.45) is 5.41 Å². The first-order valence-electron chi connectivity index (χ1n) is 5.34. The van der Waals surface area contributed by atoms with Crippen molar-refractivity contribution < 1.29 is 5.11 Å². The number of aliphatic hydroxyl groups excluding tert-OH is 1. The van der Waals surface area contributed by atoms with Crippen LogP contribution in [-0.4, -0.2) is 5.11 Å². The van der Waals surface area contributed by atoms with Gasteiger partial charge in [-0.1, -0.05) is 13.8 Å². The van der Waals surface area contributed by atoms with Crippen molar-refractivity contribution in [1.29, 1.82) is 0 Å². The summed E-state index contributed by atoms with van der Waals surface area (Å²) in [5.41, 5.74) is 1.52. The summed E-state index contributed by atoms with van der Waals surface area (Å²) < 4.78 is 0. The van der Waals surface area contributed by atoms with Crippen LogP contribution in [0.3, 0.4) is 0 Å². The topological polar surface area (TPSA) is 20.2 Å². The van der Waals surface area contributed by atoms with Crippen LogP contribution in [0.1, 0.15) is 48.1 Å². The molecule has 1 heterocycles. The Labute approximate surface area is 89.8 Å². The van der Waals surface area contributed by atoms with E-state index in [2.05, 4.69) is 26.8 Å². The largest absolute Gasteiger partial charge is 0.387 e. The number of thiophene rings is 1. The first kappa shape index (κ1) is 10.2. The molecule has 1 aliphatic carbocycles. The molecule has 1 fully saturated rings. The second-order valence-electron chi connectivity index (χ2n) is 4.66. The van der Waals surface area contributed by atoms with Gasteiger partial charge in [-0.25, -0.2) is 0 Å². The van der Waals surface area contributed by atoms with E-state index in [0.717, 1.165) is 6.42 Å². The van der Waals surface area contributed by atoms with Gasteiger partial charge in [-0.2, -0.15) is 0 Å². The van der Waals surface area contributed by atoms with Crippen LogP contribution in [-0.2, 0) is 6.42 Å². The fourth-order valence-corrected chi connectivity index (χ4v) is 3.16. The summed E-state index contributed by atoms with van der Waals surface area (Å²) in [7, 11) is 0. The van der Waals surface area contributed by atoms with Crippen molar-refractivity contribution in [3.05, 3.63) is 21.4 Å². The van der Waals surface area contributed by atoms with Gasteiger partial charge >= 0.3 is 0 Å². The highest BCUT2D eigenvalue weighted by atomic mass is 32.1. The van der Waals surface area contributed by atoms with Crippen LogP contribution in [0.5, 0.6) is 0 Å². The maximum absolute atomic E-state index is 10.3. The maximum Gasteiger partial charge on any atom is 0.0938 e. The Bertz CT molecular complexity index is 336. The summed E-state index contributed by atoms with van der Waals surface area (Å²) >= 11 is 1.76. The third-order valence-corrected chi connectivity index (χ3v) is 4.44. The Balaban J connectivity index is 2.30. The van der Waals surface area contributed by atoms with Crippen molar-refractivity contribution in [2.75, 3.05) is 0 Å². The fraction of sp³-hybridized carbons (Fsp3) is 0.667. The molecule has 1 N–H and O–H groups in total. The number of hydrogen-bond acceptors (Lipinski definition) is 2. The monoisotopic (exact) mass is 210 g/mol. The van der Waals surface area contributed by atoms with Gasteiger partial charge in [0.15, 0.2) is 0 Å². The van der Waals surface area contributed by atoms with Crippen LogP contribution in [0.15, 0.2) is 6.07 Å². The number of rotatable bonds is 3. The van der Waals surface area contributed by atoms with Gasteiger partial charge in [-0.05, 0) is 43.2 Å². The van der Waals surface area contributed by atoms with E-state index in [1.807, 2.05) is 0 Å². The molecular formula is C12H18OS. The Kier molecular flexibility index (Phi) is 2.44. The summed E-state index contributed by atoms with van der Waals surface area (Å²) in [4.78, 5) is 2.53. The SMILES string of the molecule is CCc1cc(C)sc1C(O)C1(C)CC1. The number of hydrogen-bond donors (Lipinski definition) is 1. The van der Waals surface area contributed by atoms with E-state index >= 15 is 0 Å². The zero-order valence-electron chi connectivity index (χ0n) is 9.13. The van der Waals surface area contributed by atoms with Gasteiger partial charge in [0.25, 0.3) is 0 Å². The normalized spacial score (nSPS) is 20.9. The molecule has 1 unspecified atom stereocenters. The molecule has 0 radical (unpaired) electrons. The summed E-state index contributed by atoms with van der Waals surface area (Å²) in [6.07, 6.45) is 3.16. The lowest BCUT2D eigenvalue weighted by Crippen LogP contribution is -2.09. The average Bonchev–Trinajstić information content (AvgIpc) is 2.78. The van der Waals surface area contributed by atoms with Crippen molar-refractivity contribution >= 4 is 11.3 Å². The third-order valence-electron chi connectivity index (χ3n) is 3.29. The smallest absolute Gasteiger partial charge is 0.0938 e. The molecule has 2 heteroatoms. The highest BCUT2D eigenvalue weighted by Gasteiger charge is 2.45. The van der Waals surface area contributed by atoms with Crippen LogP contribution in [0.25, 0.3) is 0 Å². The predicted octanol–water partition coefficient (Wildman–Crippen LogP) is 3.45. The van der Waals surface area contributed by atoms with Crippen LogP contribution in [0.2, 0.25) is 0 Å². The molecule has 0 amide bonds. The van der Waals surface area contributed by atoms with Crippen LogP contribution >= 0.6 is 11.3 Å². The minimum Gasteiger partial charge on any atom is -0.387 e. The molecule has 0 saturated heterocycles. The molecule has 1 saturated carbocycles. The maximum atomic E-state index is 10.3. The van der Waals surface area contributed by atoms with E-state index in [4.69, 9.17) is 0 Å². The van der Waals surface area contributed by atoms with Crippen molar-refractivity contribution in [1.82, 2.24) is 0 Å². The molecule has 1 aliphatic rings. The Morgan fingerprint density at radius 1 is 1.57 bits per heavy atom. The van der Waals surface area contributed by atoms with Gasteiger partial charge in [-0.15, -0.1) is 11.3 Å². The van der Waals surface area contributed by atoms with E-state index < -0.39 is 0 Å². The predicted molar refractivity (Wildman–Crippen MR) is 60.7 cm³/mol. The highest BCUT2D eigenvalue weighted by molar-refractivity contribution is 7.12. The third kappa shape index (κ3) is 1.61. The summed E-state index contributed by atoms with van der Waals surface area (Å²) in [6, 6.07) is 2.22. The Hall–Kier alpha value is -0.340. The standard InChI is InChI=1S/C12H18OS/c1-4-9-7-8(2)14-10(9)11(13)12(3)5-6-12/h7,11,13H,4-6H2,1-3H3. The molecule has 1 nitrogen and oxygen atoms in total. The minimum absolute atomic E-state index is 0.182. The second-order valence-corrected chi connectivity index (χ2v) is 5.94. The van der Waals surface area contributed by atoms with Gasteiger partial charge in [0.05, 0.1) is 6.10 Å². The lowest BCUT2D eigenvalue weighted by molar-refractivity contribution is 0.106. The van der Waals surface area contributed by atoms with Crippen molar-refractivity contribution in [3.63, 3.8) is 0 Å². The zero-order chi connectivity index (χ0) is 10.3. The summed E-state index contributed by atoms with van der Waals surface area (Å²) in [6.45, 7) is 6.47. The molecule has 1 aromatic rings. The lowest BCUT2D eigenvalue weighted by Gasteiger charge is -2.17. The molecular weight excluding hydrogens is 192 g/mol. The first-order valence-corrected chi connectivity index (χ1v) is 6.16. The molecule has 1 aromatic heterocycles. The Morgan fingerprint density at radius 2 is 2.21 bits per heavy atom. The van der Waals surface area contributed by atoms with E-state index in [1.165, 1.54) is 28.2 Å². The second kappa shape index (κ2) is 3.35. The van der Waals surface area contributed by atoms with Gasteiger partial charge in [-0.3, -0.25) is 0 Å². The molecule has 0 aliphatic heterocycles. The summed E-state index contributed by atoms with van der Waals surface area (Å²) in [5, 5.41) is 10.3. The number of aryl methyl sites for hydroxylation is 2. The Morgan fingerprint density at radius 3 is 2.71 bits per heavy atom. The quantitative estimate of drug-likeness (QED) is 0.810. The van der Waals surface area contributed by atoms with Crippen LogP contribution in [0.4, 0.5) is 0 Å². The highest BCUT2D eigenvalue weighted by Crippen LogP contribution is 2.55. The van der Waals surface area contributed by atoms with Crippen LogP contribution < -0.4 is 0 Å². The molecule has 0 spiro atoms. The van der Waals surface area contributed by atoms with Crippen LogP contribution in [0, 0.1) is 12.3 Å². The molecule has 2 rings (SSSR count). The number of aliphatic hydroxyl groups is 1. The minimum atomic E-state index is -0.226. The lowest BCUT2D eigenvalue weighted by atomic mass is 9.97. The van der Waals surface area contributed by atoms with Gasteiger partial charge in [0, 0.05) is 9.75 Å². The fourth-order valence-electron chi connectivity index (χ4n) is 1.88. The van der Waals surface area contributed by atoms with E-state index in [0.29, 0.717) is 0 Å². The van der Waals surface area contributed by atoms with Gasteiger partial charge in [0.2, 0.25) is 0 Å².